The summed E-state index contributed by atoms with van der Waals surface area (Å²) in [4.78, 5) is 70.8. The molecule has 2 saturated heterocycles. The van der Waals surface area contributed by atoms with Gasteiger partial charge >= 0.3 is 11.8 Å². The van der Waals surface area contributed by atoms with Gasteiger partial charge in [0.2, 0.25) is 0 Å². The monoisotopic (exact) mass is 510 g/mol. The Hall–Kier alpha value is -4.14. The number of halogens is 1. The Balaban J connectivity index is 1.68. The molecule has 0 aromatic heterocycles. The van der Waals surface area contributed by atoms with Crippen molar-refractivity contribution >= 4 is 35.2 Å². The fraction of sp³-hybridized carbons (Fsp3) is 0.480. The zero-order valence-electron chi connectivity index (χ0n) is 20.8. The third-order valence-corrected chi connectivity index (χ3v) is 7.29. The van der Waals surface area contributed by atoms with E-state index in [0.29, 0.717) is 24.0 Å². The Morgan fingerprint density at radius 3 is 2.49 bits per heavy atom. The van der Waals surface area contributed by atoms with Crippen LogP contribution in [0, 0.1) is 29.5 Å². The van der Waals surface area contributed by atoms with Crippen LogP contribution in [0.5, 0.6) is 0 Å². The van der Waals surface area contributed by atoms with Gasteiger partial charge in [-0.2, -0.15) is 5.26 Å². The first-order valence-electron chi connectivity index (χ1n) is 11.8. The first-order chi connectivity index (χ1) is 17.4. The van der Waals surface area contributed by atoms with Gasteiger partial charge in [0.05, 0.1) is 17.0 Å². The lowest BCUT2D eigenvalue weighted by Crippen LogP contribution is -2.65. The molecule has 4 aliphatic rings. The highest BCUT2D eigenvalue weighted by atomic mass is 19.1. The normalized spacial score (nSPS) is 26.4. The Kier molecular flexibility index (Phi) is 6.58. The van der Waals surface area contributed by atoms with Crippen molar-refractivity contribution in [1.82, 2.24) is 20.4 Å². The molecule has 1 aromatic carbocycles. The van der Waals surface area contributed by atoms with E-state index in [2.05, 4.69) is 21.7 Å². The number of hydrogen-bond donors (Lipinski definition) is 2. The Morgan fingerprint density at radius 2 is 1.89 bits per heavy atom. The Labute approximate surface area is 212 Å². The molecule has 11 nitrogen and oxygen atoms in total. The summed E-state index contributed by atoms with van der Waals surface area (Å²) in [5.41, 5.74) is -1.27. The number of carbonyl (C=O) groups excluding carboxylic acids is 5. The number of likely N-dealkylation sites (N-methyl/N-ethyl adjacent to an activating group) is 1. The maximum atomic E-state index is 13.6. The number of fused-ring (bicyclic) bond motifs is 2. The lowest BCUT2D eigenvalue weighted by atomic mass is 9.69. The van der Waals surface area contributed by atoms with E-state index in [0.717, 1.165) is 9.80 Å². The standard InChI is InChI=1S/C25H27FN6O5/c1-14-10-15(4-5-16(14)26)11-28-19(34)17-18(33)21(36)32-13-24(12-27)6-8-25(9-7-24,23(32)29-17)30-20(35)22(37)31(2)3/h4-5,10,17H,6-9,11,13H2,1-3H3,(H,28,34)(H,30,35). The summed E-state index contributed by atoms with van der Waals surface area (Å²) in [6, 6.07) is 4.85. The number of nitrogens with zero attached hydrogens (tertiary/aromatic N) is 4. The van der Waals surface area contributed by atoms with Crippen LogP contribution in [0.3, 0.4) is 0 Å². The van der Waals surface area contributed by atoms with Crippen LogP contribution in [0.15, 0.2) is 23.2 Å². The predicted molar refractivity (Wildman–Crippen MR) is 127 cm³/mol. The van der Waals surface area contributed by atoms with Crippen molar-refractivity contribution in [3.63, 3.8) is 0 Å². The van der Waals surface area contributed by atoms with Crippen LogP contribution in [0.25, 0.3) is 0 Å². The van der Waals surface area contributed by atoms with E-state index in [9.17, 15) is 33.6 Å². The lowest BCUT2D eigenvalue weighted by Gasteiger charge is -2.41. The number of benzene rings is 1. The van der Waals surface area contributed by atoms with Crippen LogP contribution in [0.2, 0.25) is 0 Å². The molecule has 3 fully saturated rings. The fourth-order valence-corrected chi connectivity index (χ4v) is 5.05. The highest BCUT2D eigenvalue weighted by molar-refractivity contribution is 6.46. The molecule has 194 valence electrons. The van der Waals surface area contributed by atoms with E-state index < -0.39 is 52.2 Å². The molecule has 1 saturated carbocycles. The van der Waals surface area contributed by atoms with E-state index >= 15 is 0 Å². The smallest absolute Gasteiger partial charge is 0.311 e. The third kappa shape index (κ3) is 4.57. The van der Waals surface area contributed by atoms with Crippen molar-refractivity contribution < 1.29 is 28.4 Å². The zero-order chi connectivity index (χ0) is 27.1. The van der Waals surface area contributed by atoms with Crippen molar-refractivity contribution in [2.75, 3.05) is 20.6 Å². The van der Waals surface area contributed by atoms with Crippen LogP contribution in [-0.2, 0) is 30.5 Å². The molecule has 2 N–H and O–H groups in total. The van der Waals surface area contributed by atoms with Crippen molar-refractivity contribution in [1.29, 1.82) is 5.26 Å². The second-order valence-corrected chi connectivity index (χ2v) is 10.0. The van der Waals surface area contributed by atoms with Gasteiger partial charge in [-0.3, -0.25) is 28.9 Å². The SMILES string of the molecule is Cc1cc(CNC(=O)C2N=C3N(CC4(C#N)CCC3(NC(=O)C(=O)N(C)C)CC4)C(=O)C2=O)ccc1F. The maximum Gasteiger partial charge on any atom is 0.311 e. The van der Waals surface area contributed by atoms with Gasteiger partial charge in [0.15, 0.2) is 6.04 Å². The van der Waals surface area contributed by atoms with E-state index in [-0.39, 0.29) is 31.8 Å². The molecule has 5 rings (SSSR count). The minimum Gasteiger partial charge on any atom is -0.350 e. The van der Waals surface area contributed by atoms with E-state index in [1.54, 1.807) is 13.0 Å². The van der Waals surface area contributed by atoms with E-state index in [1.165, 1.54) is 26.2 Å². The molecule has 3 heterocycles. The van der Waals surface area contributed by atoms with Gasteiger partial charge in [-0.15, -0.1) is 0 Å². The summed E-state index contributed by atoms with van der Waals surface area (Å²) >= 11 is 0. The van der Waals surface area contributed by atoms with Gasteiger partial charge in [0, 0.05) is 27.2 Å². The number of aryl methyl sites for hydroxylation is 1. The maximum absolute atomic E-state index is 13.6. The van der Waals surface area contributed by atoms with Crippen LogP contribution in [-0.4, -0.2) is 77.3 Å². The van der Waals surface area contributed by atoms with Gasteiger partial charge < -0.3 is 15.5 Å². The second-order valence-electron chi connectivity index (χ2n) is 10.0. The van der Waals surface area contributed by atoms with Gasteiger partial charge in [-0.1, -0.05) is 12.1 Å². The molecule has 1 unspecified atom stereocenters. The predicted octanol–water partition coefficient (Wildman–Crippen LogP) is -0.0305. The summed E-state index contributed by atoms with van der Waals surface area (Å²) in [6.45, 7) is 1.45. The molecular weight excluding hydrogens is 483 g/mol. The lowest BCUT2D eigenvalue weighted by molar-refractivity contribution is -0.146. The van der Waals surface area contributed by atoms with E-state index in [1.807, 2.05) is 0 Å². The molecule has 1 aromatic rings. The molecule has 1 aliphatic carbocycles. The number of amidine groups is 1. The third-order valence-electron chi connectivity index (χ3n) is 7.29. The van der Waals surface area contributed by atoms with Crippen LogP contribution < -0.4 is 10.6 Å². The zero-order valence-corrected chi connectivity index (χ0v) is 20.8. The number of Topliss-reactive ketones (excluding diaryl/α,β-unsaturated/α-hetero) is 1. The first-order valence-corrected chi connectivity index (χ1v) is 11.8. The average molecular weight is 511 g/mol. The minimum atomic E-state index is -1.70. The first kappa shape index (κ1) is 25.9. The highest BCUT2D eigenvalue weighted by Crippen LogP contribution is 2.47. The van der Waals surface area contributed by atoms with Crippen molar-refractivity contribution in [3.8, 4) is 6.07 Å². The summed E-state index contributed by atoms with van der Waals surface area (Å²) in [5, 5.41) is 15.1. The molecular formula is C25H27FN6O5. The van der Waals surface area contributed by atoms with Crippen molar-refractivity contribution in [2.45, 2.75) is 50.7 Å². The summed E-state index contributed by atoms with van der Waals surface area (Å²) in [6.07, 6.45) is 1.01. The number of nitrogens with one attached hydrogen (secondary N) is 2. The summed E-state index contributed by atoms with van der Waals surface area (Å²) in [7, 11) is 2.84. The number of rotatable bonds is 4. The molecule has 37 heavy (non-hydrogen) atoms. The number of nitriles is 1. The van der Waals surface area contributed by atoms with Crippen molar-refractivity contribution in [3.05, 3.63) is 35.1 Å². The summed E-state index contributed by atoms with van der Waals surface area (Å²) in [5.74, 6) is -5.01. The van der Waals surface area contributed by atoms with Gasteiger partial charge in [-0.25, -0.2) is 9.38 Å². The number of ketones is 1. The van der Waals surface area contributed by atoms with Gasteiger partial charge in [0.1, 0.15) is 11.7 Å². The molecule has 12 heteroatoms. The average Bonchev–Trinajstić information content (AvgIpc) is 3.09. The van der Waals surface area contributed by atoms with Crippen molar-refractivity contribution in [2.24, 2.45) is 10.4 Å². The molecule has 0 spiro atoms. The van der Waals surface area contributed by atoms with Gasteiger partial charge in [-0.05, 0) is 49.8 Å². The second kappa shape index (κ2) is 9.38. The minimum absolute atomic E-state index is 0.00408. The number of carbonyl (C=O) groups is 5. The summed E-state index contributed by atoms with van der Waals surface area (Å²) < 4.78 is 13.6. The molecule has 2 bridgehead atoms. The molecule has 1 atom stereocenters. The highest BCUT2D eigenvalue weighted by Gasteiger charge is 2.58. The fourth-order valence-electron chi connectivity index (χ4n) is 5.05. The Bertz CT molecular complexity index is 1270. The number of aliphatic imine (C=N–C) groups is 1. The quantitative estimate of drug-likeness (QED) is 0.429. The van der Waals surface area contributed by atoms with Crippen LogP contribution in [0.4, 0.5) is 4.39 Å². The Morgan fingerprint density at radius 1 is 1.22 bits per heavy atom. The van der Waals surface area contributed by atoms with E-state index in [4.69, 9.17) is 0 Å². The largest absolute Gasteiger partial charge is 0.350 e. The number of amides is 4. The van der Waals surface area contributed by atoms with Crippen LogP contribution >= 0.6 is 0 Å². The molecule has 3 aliphatic heterocycles. The topological polar surface area (TPSA) is 152 Å². The molecule has 0 radical (unpaired) electrons. The number of hydrogen-bond acceptors (Lipinski definition) is 7. The van der Waals surface area contributed by atoms with Gasteiger partial charge in [0.25, 0.3) is 17.6 Å². The molecule has 4 amide bonds. The van der Waals surface area contributed by atoms with Crippen LogP contribution in [0.1, 0.15) is 36.8 Å².